The van der Waals surface area contributed by atoms with Gasteiger partial charge in [-0.05, 0) is 29.8 Å². The lowest BCUT2D eigenvalue weighted by Crippen LogP contribution is -2.29. The summed E-state index contributed by atoms with van der Waals surface area (Å²) in [5.41, 5.74) is 4.53. The molecule has 0 fully saturated rings. The Kier molecular flexibility index (Phi) is 5.47. The van der Waals surface area contributed by atoms with Crippen LogP contribution >= 0.6 is 27.5 Å². The van der Waals surface area contributed by atoms with E-state index in [2.05, 4.69) is 21.4 Å². The number of halogens is 2. The van der Waals surface area contributed by atoms with Crippen molar-refractivity contribution in [2.24, 2.45) is 5.84 Å². The van der Waals surface area contributed by atoms with Gasteiger partial charge in [0.05, 0.1) is 20.3 Å². The van der Waals surface area contributed by atoms with E-state index in [1.165, 1.54) is 0 Å². The summed E-state index contributed by atoms with van der Waals surface area (Å²) in [5.74, 6) is 7.12. The smallest absolute Gasteiger partial charge is 0.127 e. The Bertz CT molecular complexity index is 637. The Balaban J connectivity index is 2.50. The summed E-state index contributed by atoms with van der Waals surface area (Å²) in [4.78, 5) is 0. The number of hydrazine groups is 1. The van der Waals surface area contributed by atoms with Crippen molar-refractivity contribution in [2.45, 2.75) is 6.04 Å². The van der Waals surface area contributed by atoms with E-state index in [0.717, 1.165) is 15.6 Å². The molecule has 0 aromatic heterocycles. The average Bonchev–Trinajstić information content (AvgIpc) is 2.50. The molecule has 0 saturated heterocycles. The monoisotopic (exact) mass is 370 g/mol. The molecule has 0 spiro atoms. The maximum absolute atomic E-state index is 6.32. The predicted octanol–water partition coefficient (Wildman–Crippen LogP) is 3.67. The molecule has 4 nitrogen and oxygen atoms in total. The lowest BCUT2D eigenvalue weighted by Gasteiger charge is -2.21. The quantitative estimate of drug-likeness (QED) is 0.622. The van der Waals surface area contributed by atoms with Crippen molar-refractivity contribution in [3.63, 3.8) is 0 Å². The summed E-state index contributed by atoms with van der Waals surface area (Å²) in [6, 6.07) is 11.0. The van der Waals surface area contributed by atoms with Crippen molar-refractivity contribution >= 4 is 27.5 Å². The van der Waals surface area contributed by atoms with Gasteiger partial charge in [-0.15, -0.1) is 0 Å². The summed E-state index contributed by atoms with van der Waals surface area (Å²) >= 11 is 9.71. The van der Waals surface area contributed by atoms with Crippen LogP contribution in [0, 0.1) is 0 Å². The van der Waals surface area contributed by atoms with Gasteiger partial charge in [0.25, 0.3) is 0 Å². The maximum atomic E-state index is 6.32. The highest BCUT2D eigenvalue weighted by molar-refractivity contribution is 9.10. The molecule has 21 heavy (non-hydrogen) atoms. The van der Waals surface area contributed by atoms with Crippen molar-refractivity contribution in [2.75, 3.05) is 14.2 Å². The lowest BCUT2D eigenvalue weighted by atomic mass is 9.98. The molecule has 2 rings (SSSR count). The summed E-state index contributed by atoms with van der Waals surface area (Å²) in [7, 11) is 3.22. The van der Waals surface area contributed by atoms with Crippen LogP contribution in [-0.2, 0) is 0 Å². The van der Waals surface area contributed by atoms with Gasteiger partial charge in [0, 0.05) is 21.1 Å². The molecule has 1 unspecified atom stereocenters. The minimum absolute atomic E-state index is 0.286. The highest BCUT2D eigenvalue weighted by Crippen LogP contribution is 2.36. The van der Waals surface area contributed by atoms with Crippen LogP contribution in [-0.4, -0.2) is 14.2 Å². The van der Waals surface area contributed by atoms with Crippen molar-refractivity contribution in [1.29, 1.82) is 0 Å². The molecule has 0 saturated carbocycles. The van der Waals surface area contributed by atoms with Crippen LogP contribution in [0.3, 0.4) is 0 Å². The van der Waals surface area contributed by atoms with Gasteiger partial charge < -0.3 is 9.47 Å². The zero-order valence-corrected chi connectivity index (χ0v) is 14.0. The molecular weight excluding hydrogens is 356 g/mol. The van der Waals surface area contributed by atoms with E-state index in [-0.39, 0.29) is 6.04 Å². The molecule has 0 radical (unpaired) electrons. The van der Waals surface area contributed by atoms with Crippen LogP contribution in [0.2, 0.25) is 5.02 Å². The number of hydrogen-bond acceptors (Lipinski definition) is 4. The van der Waals surface area contributed by atoms with Crippen LogP contribution in [0.25, 0.3) is 0 Å². The maximum Gasteiger partial charge on any atom is 0.127 e. The van der Waals surface area contributed by atoms with Crippen LogP contribution < -0.4 is 20.7 Å². The lowest BCUT2D eigenvalue weighted by molar-refractivity contribution is 0.387. The van der Waals surface area contributed by atoms with Crippen molar-refractivity contribution < 1.29 is 9.47 Å². The van der Waals surface area contributed by atoms with E-state index in [1.54, 1.807) is 14.2 Å². The molecule has 6 heteroatoms. The van der Waals surface area contributed by atoms with Crippen LogP contribution in [0.4, 0.5) is 0 Å². The molecule has 0 aliphatic heterocycles. The minimum Gasteiger partial charge on any atom is -0.497 e. The first-order valence-electron chi connectivity index (χ1n) is 6.23. The highest BCUT2D eigenvalue weighted by Gasteiger charge is 2.20. The Morgan fingerprint density at radius 2 is 1.81 bits per heavy atom. The van der Waals surface area contributed by atoms with Gasteiger partial charge in [-0.3, -0.25) is 5.84 Å². The van der Waals surface area contributed by atoms with Gasteiger partial charge >= 0.3 is 0 Å². The number of hydrogen-bond donors (Lipinski definition) is 2. The molecule has 0 heterocycles. The van der Waals surface area contributed by atoms with Gasteiger partial charge in [0.15, 0.2) is 0 Å². The van der Waals surface area contributed by atoms with Gasteiger partial charge in [-0.1, -0.05) is 33.6 Å². The summed E-state index contributed by atoms with van der Waals surface area (Å²) in [6.45, 7) is 0. The molecule has 2 aromatic rings. The van der Waals surface area contributed by atoms with E-state index in [0.29, 0.717) is 16.5 Å². The van der Waals surface area contributed by atoms with Crippen LogP contribution in [0.1, 0.15) is 17.2 Å². The van der Waals surface area contributed by atoms with Crippen molar-refractivity contribution in [1.82, 2.24) is 5.43 Å². The number of ether oxygens (including phenoxy) is 2. The molecule has 0 amide bonds. The van der Waals surface area contributed by atoms with Gasteiger partial charge in [-0.2, -0.15) is 0 Å². The van der Waals surface area contributed by atoms with Gasteiger partial charge in [0.1, 0.15) is 11.5 Å². The topological polar surface area (TPSA) is 56.5 Å². The summed E-state index contributed by atoms with van der Waals surface area (Å²) in [5, 5.41) is 0.616. The minimum atomic E-state index is -0.286. The molecule has 0 bridgehead atoms. The second-order valence-electron chi connectivity index (χ2n) is 4.37. The number of rotatable bonds is 5. The normalized spacial score (nSPS) is 12.0. The number of nitrogens with one attached hydrogen (secondary N) is 1. The van der Waals surface area contributed by atoms with E-state index in [4.69, 9.17) is 26.9 Å². The van der Waals surface area contributed by atoms with E-state index < -0.39 is 0 Å². The molecule has 1 atom stereocenters. The van der Waals surface area contributed by atoms with Crippen molar-refractivity contribution in [3.05, 3.63) is 57.0 Å². The number of methoxy groups -OCH3 is 2. The average molecular weight is 372 g/mol. The zero-order valence-electron chi connectivity index (χ0n) is 11.7. The fourth-order valence-corrected chi connectivity index (χ4v) is 2.92. The molecule has 0 aliphatic rings. The van der Waals surface area contributed by atoms with E-state index in [1.807, 2.05) is 36.4 Å². The third-order valence-corrected chi connectivity index (χ3v) is 4.01. The SMILES string of the molecule is COc1ccc(C(NN)c2ccc(Br)cc2Cl)c(OC)c1. The predicted molar refractivity (Wildman–Crippen MR) is 87.9 cm³/mol. The summed E-state index contributed by atoms with van der Waals surface area (Å²) < 4.78 is 11.5. The van der Waals surface area contributed by atoms with Crippen LogP contribution in [0.5, 0.6) is 11.5 Å². The fourth-order valence-electron chi connectivity index (χ4n) is 2.14. The Morgan fingerprint density at radius 3 is 2.38 bits per heavy atom. The van der Waals surface area contributed by atoms with Gasteiger partial charge in [-0.25, -0.2) is 5.43 Å². The van der Waals surface area contributed by atoms with E-state index in [9.17, 15) is 0 Å². The molecular formula is C15H16BrClN2O2. The van der Waals surface area contributed by atoms with Crippen LogP contribution in [0.15, 0.2) is 40.9 Å². The van der Waals surface area contributed by atoms with Gasteiger partial charge in [0.2, 0.25) is 0 Å². The summed E-state index contributed by atoms with van der Waals surface area (Å²) in [6.07, 6.45) is 0. The fraction of sp³-hybridized carbons (Fsp3) is 0.200. The third kappa shape index (κ3) is 3.49. The Labute approximate surface area is 137 Å². The van der Waals surface area contributed by atoms with E-state index >= 15 is 0 Å². The molecule has 0 aliphatic carbocycles. The Hall–Kier alpha value is -1.27. The Morgan fingerprint density at radius 1 is 1.10 bits per heavy atom. The first-order valence-corrected chi connectivity index (χ1v) is 7.40. The molecule has 112 valence electrons. The number of nitrogens with two attached hydrogens (primary N) is 1. The number of benzene rings is 2. The first kappa shape index (κ1) is 16.1. The molecule has 2 aromatic carbocycles. The second kappa shape index (κ2) is 7.13. The second-order valence-corrected chi connectivity index (χ2v) is 5.70. The first-order chi connectivity index (χ1) is 10.1. The third-order valence-electron chi connectivity index (χ3n) is 3.19. The van der Waals surface area contributed by atoms with Crippen molar-refractivity contribution in [3.8, 4) is 11.5 Å². The zero-order chi connectivity index (χ0) is 15.4. The highest BCUT2D eigenvalue weighted by atomic mass is 79.9. The molecule has 3 N–H and O–H groups in total. The largest absolute Gasteiger partial charge is 0.497 e. The standard InChI is InChI=1S/C15H16BrClN2O2/c1-20-10-4-6-12(14(8-10)21-2)15(19-18)11-5-3-9(16)7-13(11)17/h3-8,15,19H,18H2,1-2H3.